The smallest absolute Gasteiger partial charge is 0.270 e. The van der Waals surface area contributed by atoms with Gasteiger partial charge in [-0.3, -0.25) is 10.1 Å². The Morgan fingerprint density at radius 2 is 2.16 bits per heavy atom. The second-order valence-corrected chi connectivity index (χ2v) is 6.18. The largest absolute Gasteiger partial charge is 0.328 e. The Morgan fingerprint density at radius 3 is 2.68 bits per heavy atom. The molecule has 0 radical (unpaired) electrons. The molecule has 0 aliphatic heterocycles. The number of nitrogens with one attached hydrogen (secondary N) is 1. The fourth-order valence-electron chi connectivity index (χ4n) is 1.31. The minimum Gasteiger partial charge on any atom is -0.328 e. The van der Waals surface area contributed by atoms with Crippen LogP contribution in [0, 0.1) is 10.1 Å². The van der Waals surface area contributed by atoms with Crippen molar-refractivity contribution in [1.82, 2.24) is 4.72 Å². The Bertz CT molecular complexity index is 574. The topological polar surface area (TPSA) is 115 Å². The van der Waals surface area contributed by atoms with Gasteiger partial charge in [0.15, 0.2) is 0 Å². The Kier molecular flexibility index (Phi) is 5.24. The van der Waals surface area contributed by atoms with Crippen molar-refractivity contribution >= 4 is 27.3 Å². The minimum absolute atomic E-state index is 0.0705. The first-order chi connectivity index (χ1) is 8.74. The maximum atomic E-state index is 12.0. The van der Waals surface area contributed by atoms with E-state index in [0.29, 0.717) is 6.42 Å². The molecule has 9 heteroatoms. The molecule has 1 aromatic carbocycles. The summed E-state index contributed by atoms with van der Waals surface area (Å²) in [5, 5.41) is 10.6. The maximum Gasteiger partial charge on any atom is 0.270 e. The Labute approximate surface area is 115 Å². The van der Waals surface area contributed by atoms with Crippen molar-refractivity contribution in [2.75, 3.05) is 6.54 Å². The van der Waals surface area contributed by atoms with Crippen molar-refractivity contribution in [3.8, 4) is 0 Å². The van der Waals surface area contributed by atoms with E-state index in [1.165, 1.54) is 6.07 Å². The second kappa shape index (κ2) is 6.29. The first kappa shape index (κ1) is 15.8. The van der Waals surface area contributed by atoms with Crippen molar-refractivity contribution in [3.63, 3.8) is 0 Å². The number of halogens is 1. The first-order valence-corrected chi connectivity index (χ1v) is 7.29. The second-order valence-electron chi connectivity index (χ2n) is 4.04. The summed E-state index contributed by atoms with van der Waals surface area (Å²) in [6, 6.07) is 3.10. The lowest BCUT2D eigenvalue weighted by molar-refractivity contribution is -0.385. The van der Waals surface area contributed by atoms with Gasteiger partial charge in [-0.25, -0.2) is 13.1 Å². The van der Waals surface area contributed by atoms with Crippen LogP contribution in [-0.2, 0) is 10.0 Å². The van der Waals surface area contributed by atoms with E-state index in [0.717, 1.165) is 12.1 Å². The normalized spacial score (nSPS) is 13.2. The molecule has 0 amide bonds. The third kappa shape index (κ3) is 4.43. The molecule has 3 N–H and O–H groups in total. The summed E-state index contributed by atoms with van der Waals surface area (Å²) in [5.74, 6) is 0. The molecule has 0 spiro atoms. The van der Waals surface area contributed by atoms with Gasteiger partial charge >= 0.3 is 0 Å². The monoisotopic (exact) mass is 307 g/mol. The summed E-state index contributed by atoms with van der Waals surface area (Å²) in [6.45, 7) is 1.88. The fourth-order valence-corrected chi connectivity index (χ4v) is 2.88. The molecule has 1 aromatic rings. The highest BCUT2D eigenvalue weighted by Crippen LogP contribution is 2.25. The molecular weight excluding hydrogens is 294 g/mol. The number of hydrogen-bond donors (Lipinski definition) is 2. The van der Waals surface area contributed by atoms with Crippen LogP contribution < -0.4 is 10.5 Å². The Hall–Kier alpha value is -1.22. The van der Waals surface area contributed by atoms with Gasteiger partial charge in [-0.2, -0.15) is 0 Å². The summed E-state index contributed by atoms with van der Waals surface area (Å²) in [5.41, 5.74) is 5.17. The highest BCUT2D eigenvalue weighted by atomic mass is 35.5. The molecule has 0 fully saturated rings. The molecule has 0 saturated carbocycles. The van der Waals surface area contributed by atoms with Crippen molar-refractivity contribution in [3.05, 3.63) is 33.3 Å². The van der Waals surface area contributed by atoms with Crippen molar-refractivity contribution < 1.29 is 13.3 Å². The van der Waals surface area contributed by atoms with Crippen LogP contribution in [0.3, 0.4) is 0 Å². The van der Waals surface area contributed by atoms with Gasteiger partial charge in [-0.05, 0) is 19.4 Å². The van der Waals surface area contributed by atoms with E-state index < -0.39 is 14.9 Å². The molecule has 0 heterocycles. The average molecular weight is 308 g/mol. The quantitative estimate of drug-likeness (QED) is 0.606. The summed E-state index contributed by atoms with van der Waals surface area (Å²) in [6.07, 6.45) is 0.450. The molecule has 0 aliphatic rings. The van der Waals surface area contributed by atoms with Crippen molar-refractivity contribution in [2.24, 2.45) is 5.73 Å². The number of nitrogens with zero attached hydrogens (tertiary/aromatic N) is 1. The number of rotatable bonds is 6. The number of benzene rings is 1. The van der Waals surface area contributed by atoms with Crippen LogP contribution in [0.2, 0.25) is 5.02 Å². The van der Waals surface area contributed by atoms with E-state index in [2.05, 4.69) is 4.72 Å². The van der Waals surface area contributed by atoms with E-state index in [9.17, 15) is 18.5 Å². The fraction of sp³-hybridized carbons (Fsp3) is 0.400. The van der Waals surface area contributed by atoms with Crippen LogP contribution in [0.5, 0.6) is 0 Å². The molecule has 0 saturated heterocycles. The van der Waals surface area contributed by atoms with Crippen LogP contribution >= 0.6 is 11.6 Å². The lowest BCUT2D eigenvalue weighted by Crippen LogP contribution is -2.29. The van der Waals surface area contributed by atoms with E-state index >= 15 is 0 Å². The highest BCUT2D eigenvalue weighted by molar-refractivity contribution is 7.89. The molecule has 19 heavy (non-hydrogen) atoms. The standard InChI is InChI=1S/C10H14ClN3O4S/c1-7(12)4-5-13-19(17,18)10-6-8(14(15)16)2-3-9(10)11/h2-3,6-7,13H,4-5,12H2,1H3. The molecule has 1 rings (SSSR count). The third-order valence-electron chi connectivity index (χ3n) is 2.31. The average Bonchev–Trinajstić information content (AvgIpc) is 2.28. The number of nitrogens with two attached hydrogens (primary N) is 1. The van der Waals surface area contributed by atoms with Gasteiger partial charge in [-0.1, -0.05) is 11.6 Å². The Morgan fingerprint density at radius 1 is 1.53 bits per heavy atom. The maximum absolute atomic E-state index is 12.0. The molecule has 1 atom stereocenters. The van der Waals surface area contributed by atoms with Gasteiger partial charge in [0.25, 0.3) is 5.69 Å². The number of non-ortho nitro benzene ring substituents is 1. The third-order valence-corrected chi connectivity index (χ3v) is 4.25. The number of nitro benzene ring substituents is 1. The molecule has 1 unspecified atom stereocenters. The van der Waals surface area contributed by atoms with Gasteiger partial charge < -0.3 is 5.73 Å². The molecule has 106 valence electrons. The predicted octanol–water partition coefficient (Wildman–Crippen LogP) is 1.26. The zero-order valence-corrected chi connectivity index (χ0v) is 11.7. The first-order valence-electron chi connectivity index (χ1n) is 5.43. The number of sulfonamides is 1. The SMILES string of the molecule is CC(N)CCNS(=O)(=O)c1cc([N+](=O)[O-])ccc1Cl. The van der Waals surface area contributed by atoms with Gasteiger partial charge in [-0.15, -0.1) is 0 Å². The van der Waals surface area contributed by atoms with Gasteiger partial charge in [0.2, 0.25) is 10.0 Å². The minimum atomic E-state index is -3.88. The van der Waals surface area contributed by atoms with Gasteiger partial charge in [0.1, 0.15) is 4.90 Å². The lowest BCUT2D eigenvalue weighted by Gasteiger charge is -2.09. The van der Waals surface area contributed by atoms with Gasteiger partial charge in [0, 0.05) is 24.7 Å². The van der Waals surface area contributed by atoms with Crippen LogP contribution in [0.15, 0.2) is 23.1 Å². The van der Waals surface area contributed by atoms with E-state index in [-0.39, 0.29) is 28.2 Å². The zero-order chi connectivity index (χ0) is 14.6. The van der Waals surface area contributed by atoms with Crippen molar-refractivity contribution in [2.45, 2.75) is 24.3 Å². The predicted molar refractivity (Wildman–Crippen MR) is 71.6 cm³/mol. The van der Waals surface area contributed by atoms with Crippen LogP contribution in [0.25, 0.3) is 0 Å². The molecule has 7 nitrogen and oxygen atoms in total. The van der Waals surface area contributed by atoms with Gasteiger partial charge in [0.05, 0.1) is 9.95 Å². The van der Waals surface area contributed by atoms with Crippen LogP contribution in [0.4, 0.5) is 5.69 Å². The Balaban J connectivity index is 3.00. The van der Waals surface area contributed by atoms with Crippen LogP contribution in [-0.4, -0.2) is 25.9 Å². The number of hydrogen-bond acceptors (Lipinski definition) is 5. The van der Waals surface area contributed by atoms with Crippen LogP contribution in [0.1, 0.15) is 13.3 Å². The highest BCUT2D eigenvalue weighted by Gasteiger charge is 2.21. The summed E-state index contributed by atoms with van der Waals surface area (Å²) < 4.78 is 26.2. The molecule has 0 bridgehead atoms. The summed E-state index contributed by atoms with van der Waals surface area (Å²) >= 11 is 5.76. The molecular formula is C10H14ClN3O4S. The number of nitro groups is 1. The lowest BCUT2D eigenvalue weighted by atomic mass is 10.3. The summed E-state index contributed by atoms with van der Waals surface area (Å²) in [7, 11) is -3.88. The molecule has 0 aromatic heterocycles. The van der Waals surface area contributed by atoms with E-state index in [4.69, 9.17) is 17.3 Å². The van der Waals surface area contributed by atoms with Crippen molar-refractivity contribution in [1.29, 1.82) is 0 Å². The van der Waals surface area contributed by atoms with E-state index in [1.54, 1.807) is 6.92 Å². The zero-order valence-electron chi connectivity index (χ0n) is 10.2. The summed E-state index contributed by atoms with van der Waals surface area (Å²) in [4.78, 5) is 9.63. The van der Waals surface area contributed by atoms with E-state index in [1.807, 2.05) is 0 Å². The molecule has 0 aliphatic carbocycles.